The molecule has 41 heavy (non-hydrogen) atoms. The van der Waals surface area contributed by atoms with E-state index >= 15 is 0 Å². The fourth-order valence-electron chi connectivity index (χ4n) is 3.98. The number of aromatic nitrogens is 2. The van der Waals surface area contributed by atoms with Crippen LogP contribution in [0.2, 0.25) is 5.02 Å². The van der Waals surface area contributed by atoms with E-state index in [0.29, 0.717) is 23.1 Å². The molecule has 0 saturated heterocycles. The monoisotopic (exact) mass is 584 g/mol. The van der Waals surface area contributed by atoms with Crippen molar-refractivity contribution in [3.8, 4) is 34.3 Å². The van der Waals surface area contributed by atoms with Crippen LogP contribution < -0.4 is 9.64 Å². The van der Waals surface area contributed by atoms with Crippen molar-refractivity contribution in [2.75, 3.05) is 18.6 Å². The molecule has 4 rings (SSSR count). The second-order valence-electron chi connectivity index (χ2n) is 8.65. The highest BCUT2D eigenvalue weighted by atomic mass is 35.5. The Hall–Kier alpha value is -4.89. The third kappa shape index (κ3) is 6.47. The van der Waals surface area contributed by atoms with E-state index in [1.807, 2.05) is 0 Å². The van der Waals surface area contributed by atoms with Crippen molar-refractivity contribution in [3.63, 3.8) is 0 Å². The number of carbonyl (C=O) groups is 2. The second kappa shape index (κ2) is 12.1. The van der Waals surface area contributed by atoms with Crippen LogP contribution in [0, 0.1) is 11.3 Å². The summed E-state index contributed by atoms with van der Waals surface area (Å²) in [4.78, 5) is 33.5. The zero-order valence-electron chi connectivity index (χ0n) is 21.3. The zero-order chi connectivity index (χ0) is 29.7. The molecule has 1 N–H and O–H groups in total. The maximum absolute atomic E-state index is 13.9. The number of rotatable bonds is 9. The van der Waals surface area contributed by atoms with Crippen LogP contribution in [0.1, 0.15) is 34.5 Å². The average Bonchev–Trinajstić information content (AvgIpc) is 3.49. The largest absolute Gasteiger partial charge is 0.493 e. The molecule has 4 aromatic rings. The summed E-state index contributed by atoms with van der Waals surface area (Å²) in [5, 5.41) is 18.5. The Labute approximate surface area is 236 Å². The number of ether oxygens (including phenoxy) is 1. The first-order valence-corrected chi connectivity index (χ1v) is 12.3. The quantitative estimate of drug-likeness (QED) is 0.222. The van der Waals surface area contributed by atoms with Crippen molar-refractivity contribution in [2.24, 2.45) is 0 Å². The molecule has 0 aliphatic heterocycles. The predicted octanol–water partition coefficient (Wildman–Crippen LogP) is 6.47. The molecule has 0 saturated carbocycles. The Bertz CT molecular complexity index is 1630. The van der Waals surface area contributed by atoms with Gasteiger partial charge in [-0.15, -0.1) is 0 Å². The van der Waals surface area contributed by atoms with Crippen LogP contribution in [0.5, 0.6) is 5.75 Å². The van der Waals surface area contributed by atoms with Crippen molar-refractivity contribution in [1.29, 1.82) is 5.26 Å². The van der Waals surface area contributed by atoms with E-state index in [4.69, 9.17) is 25.9 Å². The summed E-state index contributed by atoms with van der Waals surface area (Å²) in [6.07, 6.45) is -1.23. The number of benzene rings is 2. The summed E-state index contributed by atoms with van der Waals surface area (Å²) >= 11 is 6.47. The van der Waals surface area contributed by atoms with Crippen molar-refractivity contribution in [3.05, 3.63) is 83.1 Å². The van der Waals surface area contributed by atoms with Gasteiger partial charge < -0.3 is 19.2 Å². The number of alkyl halides is 3. The molecular formula is C28H20ClF3N4O5. The Balaban J connectivity index is 1.81. The van der Waals surface area contributed by atoms with Crippen LogP contribution in [0.15, 0.2) is 65.7 Å². The average molecular weight is 585 g/mol. The van der Waals surface area contributed by atoms with Gasteiger partial charge in [0.1, 0.15) is 11.4 Å². The lowest BCUT2D eigenvalue weighted by Gasteiger charge is -2.22. The van der Waals surface area contributed by atoms with Crippen molar-refractivity contribution in [2.45, 2.75) is 19.0 Å². The smallest absolute Gasteiger partial charge is 0.433 e. The first-order valence-electron chi connectivity index (χ1n) is 11.9. The summed E-state index contributed by atoms with van der Waals surface area (Å²) in [6, 6.07) is 11.8. The van der Waals surface area contributed by atoms with Gasteiger partial charge >= 0.3 is 12.1 Å². The number of hydrogen-bond acceptors (Lipinski definition) is 7. The first-order chi connectivity index (χ1) is 19.5. The van der Waals surface area contributed by atoms with E-state index in [2.05, 4.69) is 9.97 Å². The summed E-state index contributed by atoms with van der Waals surface area (Å²) < 4.78 is 50.8. The fraction of sp³-hybridized carbons (Fsp3) is 0.179. The van der Waals surface area contributed by atoms with Gasteiger partial charge in [0.05, 0.1) is 40.7 Å². The number of anilines is 1. The summed E-state index contributed by atoms with van der Waals surface area (Å²) in [5.74, 6) is -1.21. The highest BCUT2D eigenvalue weighted by molar-refractivity contribution is 6.34. The number of nitrogens with zero attached hydrogens (tertiary/aromatic N) is 4. The van der Waals surface area contributed by atoms with Gasteiger partial charge in [-0.2, -0.15) is 18.4 Å². The number of hydrogen-bond donors (Lipinski definition) is 1. The van der Waals surface area contributed by atoms with E-state index in [9.17, 15) is 28.0 Å². The van der Waals surface area contributed by atoms with Crippen molar-refractivity contribution in [1.82, 2.24) is 9.97 Å². The number of pyridine rings is 1. The number of carboxylic acids is 1. The number of nitriles is 1. The fourth-order valence-corrected chi connectivity index (χ4v) is 4.24. The number of para-hydroxylation sites is 1. The van der Waals surface area contributed by atoms with Gasteiger partial charge in [-0.3, -0.25) is 14.6 Å². The zero-order valence-corrected chi connectivity index (χ0v) is 22.0. The van der Waals surface area contributed by atoms with Gasteiger partial charge in [0.15, 0.2) is 12.2 Å². The van der Waals surface area contributed by atoms with Crippen LogP contribution in [-0.2, 0) is 11.0 Å². The molecule has 0 spiro atoms. The third-order valence-electron chi connectivity index (χ3n) is 5.97. The van der Waals surface area contributed by atoms with Gasteiger partial charge in [-0.1, -0.05) is 23.7 Å². The van der Waals surface area contributed by atoms with E-state index < -0.39 is 23.7 Å². The number of carboxylic acid groups (broad SMARTS) is 1. The molecule has 0 aliphatic carbocycles. The Kier molecular flexibility index (Phi) is 8.59. The molecule has 0 fully saturated rings. The molecule has 2 aromatic heterocycles. The van der Waals surface area contributed by atoms with Crippen LogP contribution in [0.25, 0.3) is 22.5 Å². The lowest BCUT2D eigenvalue weighted by molar-refractivity contribution is -0.141. The van der Waals surface area contributed by atoms with Crippen LogP contribution in [0.3, 0.4) is 0 Å². The minimum absolute atomic E-state index is 0.0107. The van der Waals surface area contributed by atoms with Crippen LogP contribution in [0.4, 0.5) is 18.9 Å². The highest BCUT2D eigenvalue weighted by Gasteiger charge is 2.33. The lowest BCUT2D eigenvalue weighted by Crippen LogP contribution is -2.27. The SMILES string of the molecule is CN(C(=O)c1cc(-c2cnc(C(F)(F)F)cc2C#N)c(Cl)cc1OCCCC(=O)O)c1ccccc1-c1cnco1. The maximum atomic E-state index is 13.9. The standard InChI is InChI=1S/C28H20ClF3N4O5/c1-36(22-6-3-2-5-17(22)24-14-34-15-41-24)27(39)19-10-18(21(29)11-23(19)40-8-4-7-26(37)38)20-13-35-25(28(30,31)32)9-16(20)12-33/h2-3,5-6,9-11,13-15H,4,7-8H2,1H3,(H,37,38). The molecule has 2 aromatic carbocycles. The van der Waals surface area contributed by atoms with Crippen molar-refractivity contribution >= 4 is 29.2 Å². The molecule has 0 radical (unpaired) electrons. The second-order valence-corrected chi connectivity index (χ2v) is 9.05. The van der Waals surface area contributed by atoms with E-state index in [0.717, 1.165) is 6.20 Å². The molecule has 9 nitrogen and oxygen atoms in total. The van der Waals surface area contributed by atoms with E-state index in [1.54, 1.807) is 30.3 Å². The molecule has 0 atom stereocenters. The van der Waals surface area contributed by atoms with E-state index in [-0.39, 0.29) is 52.5 Å². The molecular weight excluding hydrogens is 565 g/mol. The highest BCUT2D eigenvalue weighted by Crippen LogP contribution is 2.39. The summed E-state index contributed by atoms with van der Waals surface area (Å²) in [7, 11) is 1.50. The van der Waals surface area contributed by atoms with Gasteiger partial charge in [0.25, 0.3) is 5.91 Å². The van der Waals surface area contributed by atoms with Crippen LogP contribution >= 0.6 is 11.6 Å². The molecule has 0 bridgehead atoms. The number of halogens is 4. The minimum atomic E-state index is -4.78. The van der Waals surface area contributed by atoms with Crippen LogP contribution in [-0.4, -0.2) is 40.6 Å². The normalized spacial score (nSPS) is 11.1. The summed E-state index contributed by atoms with van der Waals surface area (Å²) in [6.45, 7) is -0.0636. The molecule has 0 unspecified atom stereocenters. The molecule has 210 valence electrons. The lowest BCUT2D eigenvalue weighted by atomic mass is 9.98. The Morgan fingerprint density at radius 2 is 1.90 bits per heavy atom. The molecule has 2 heterocycles. The van der Waals surface area contributed by atoms with Gasteiger partial charge in [0, 0.05) is 42.4 Å². The Morgan fingerprint density at radius 1 is 1.15 bits per heavy atom. The van der Waals surface area contributed by atoms with E-state index in [1.165, 1.54) is 36.7 Å². The number of oxazole rings is 1. The van der Waals surface area contributed by atoms with Gasteiger partial charge in [-0.05, 0) is 30.7 Å². The minimum Gasteiger partial charge on any atom is -0.493 e. The molecule has 13 heteroatoms. The van der Waals surface area contributed by atoms with Crippen molar-refractivity contribution < 1.29 is 37.0 Å². The predicted molar refractivity (Wildman–Crippen MR) is 141 cm³/mol. The molecule has 0 aliphatic rings. The molecule has 1 amide bonds. The third-order valence-corrected chi connectivity index (χ3v) is 6.28. The number of aliphatic carboxylic acids is 1. The topological polar surface area (TPSA) is 130 Å². The first kappa shape index (κ1) is 29.1. The summed E-state index contributed by atoms with van der Waals surface area (Å²) in [5.41, 5.74) is -0.615. The van der Waals surface area contributed by atoms with Gasteiger partial charge in [-0.25, -0.2) is 4.98 Å². The Morgan fingerprint density at radius 3 is 2.56 bits per heavy atom. The maximum Gasteiger partial charge on any atom is 0.433 e. The number of carbonyl (C=O) groups excluding carboxylic acids is 1. The van der Waals surface area contributed by atoms with Gasteiger partial charge in [0.2, 0.25) is 0 Å². The number of amides is 1.